The molecule has 0 aromatic carbocycles. The Hall–Kier alpha value is -10.8. The van der Waals surface area contributed by atoms with Crippen molar-refractivity contribution < 1.29 is 81.1 Å². The molecule has 3 atom stereocenters. The van der Waals surface area contributed by atoms with Crippen LogP contribution in [0.4, 0.5) is 8.78 Å². The highest BCUT2D eigenvalue weighted by Gasteiger charge is 2.56. The Morgan fingerprint density at radius 3 is 0.969 bits per heavy atom. The number of H-pyrrole nitrogens is 5. The van der Waals surface area contributed by atoms with Gasteiger partial charge in [-0.1, -0.05) is 6.92 Å². The number of carbonyl (C=O) groups is 5. The molecular weight excluding hydrogens is 1640 g/mol. The molecule has 27 nitrogen and oxygen atoms in total. The van der Waals surface area contributed by atoms with E-state index in [0.29, 0.717) is 156 Å². The van der Waals surface area contributed by atoms with Crippen molar-refractivity contribution in [3.05, 3.63) is 150 Å². The molecule has 34 heteroatoms. The average Bonchev–Trinajstić information content (AvgIpc) is 1.65. The zero-order chi connectivity index (χ0) is 88.6. The SMILES string of the molecule is CC1(F)CC(C(=O)CC2CC(C3=CB(O)Oc4cnc5[nH]ccc5c43)C2)C1.CC1(F)CC1C(=O)CC1CC(C2=CB(O)Oc3cnc4[nH]ccc4c32)C1.CC1CN(C(=O)CC2CC(C3=CB(O)Oc4cnc5[nH]ccc5c43)C2)C1.O=C(CC1CC(C2=CB(O)Oc3cnc4[nH]ccc4c32)C1)C1CC1.O=C(CC1CC(C2=CB(O)Oc3cnc4[nH]ccc4c32)C1)C1CCCN1. The highest BCUT2D eigenvalue weighted by atomic mass is 19.1. The molecule has 1 amide bonds. The highest BCUT2D eigenvalue weighted by Crippen LogP contribution is 2.57. The number of Topliss-reactive ketones (excluding diaryl/α,β-unsaturated/α-hetero) is 4. The molecule has 25 rings (SSSR count). The second kappa shape index (κ2) is 34.2. The van der Waals surface area contributed by atoms with Gasteiger partial charge in [-0.25, -0.2) is 33.7 Å². The van der Waals surface area contributed by atoms with Gasteiger partial charge in [0.1, 0.15) is 91.5 Å². The molecular formula is C95H105B5F2N12O15. The molecule has 8 aliphatic carbocycles. The van der Waals surface area contributed by atoms with Crippen LogP contribution in [0.25, 0.3) is 83.0 Å². The minimum Gasteiger partial charge on any atom is -0.531 e. The van der Waals surface area contributed by atoms with Crippen molar-refractivity contribution in [2.24, 2.45) is 82.9 Å². The highest BCUT2D eigenvalue weighted by molar-refractivity contribution is 6.54. The van der Waals surface area contributed by atoms with Gasteiger partial charge in [0.25, 0.3) is 0 Å². The smallest absolute Gasteiger partial charge is 0.531 e. The van der Waals surface area contributed by atoms with Crippen molar-refractivity contribution in [2.45, 2.75) is 179 Å². The predicted octanol–water partition coefficient (Wildman–Crippen LogP) is 13.7. The van der Waals surface area contributed by atoms with Crippen LogP contribution in [0.2, 0.25) is 0 Å². The first-order chi connectivity index (χ1) is 62.3. The molecule has 10 fully saturated rings. The van der Waals surface area contributed by atoms with Crippen LogP contribution < -0.4 is 28.6 Å². The van der Waals surface area contributed by atoms with Crippen LogP contribution in [0.1, 0.15) is 190 Å². The molecule has 0 radical (unpaired) electrons. The van der Waals surface area contributed by atoms with Gasteiger partial charge in [-0.05, 0) is 283 Å². The molecule has 3 unspecified atom stereocenters. The largest absolute Gasteiger partial charge is 0.552 e. The minimum atomic E-state index is -1.28. The third-order valence-corrected chi connectivity index (χ3v) is 30.1. The number of amides is 1. The van der Waals surface area contributed by atoms with Gasteiger partial charge < -0.3 is 83.5 Å². The zero-order valence-corrected chi connectivity index (χ0v) is 72.5. The van der Waals surface area contributed by atoms with Gasteiger partial charge in [0, 0.05) is 143 Å². The van der Waals surface area contributed by atoms with Gasteiger partial charge in [0.15, 0.2) is 0 Å². The predicted molar refractivity (Wildman–Crippen MR) is 487 cm³/mol. The number of hydrogen-bond acceptors (Lipinski definition) is 21. The number of hydrogen-bond donors (Lipinski definition) is 11. The average molecular weight is 1750 g/mol. The number of rotatable bonds is 19. The maximum absolute atomic E-state index is 13.7. The van der Waals surface area contributed by atoms with E-state index in [1.807, 2.05) is 84.1 Å². The molecule has 10 aromatic heterocycles. The number of aromatic nitrogens is 10. The number of nitrogens with one attached hydrogen (secondary N) is 6. The summed E-state index contributed by atoms with van der Waals surface area (Å²) in [5, 5.41) is 58.6. The van der Waals surface area contributed by atoms with Crippen molar-refractivity contribution in [3.8, 4) is 28.7 Å². The molecule has 8 saturated carbocycles. The Morgan fingerprint density at radius 1 is 0.411 bits per heavy atom. The van der Waals surface area contributed by atoms with Crippen LogP contribution in [0.3, 0.4) is 0 Å². The first-order valence-corrected chi connectivity index (χ1v) is 46.4. The fraction of sp³-hybridized carbons (Fsp3) is 0.474. The van der Waals surface area contributed by atoms with Crippen LogP contribution in [-0.4, -0.2) is 182 Å². The Kier molecular flexibility index (Phi) is 22.5. The lowest BCUT2D eigenvalue weighted by atomic mass is 9.63. The summed E-state index contributed by atoms with van der Waals surface area (Å²) in [6.45, 7) is 8.06. The summed E-state index contributed by atoms with van der Waals surface area (Å²) in [5.41, 5.74) is 12.3. The van der Waals surface area contributed by atoms with Crippen molar-refractivity contribution in [3.63, 3.8) is 0 Å². The zero-order valence-electron chi connectivity index (χ0n) is 72.5. The van der Waals surface area contributed by atoms with Gasteiger partial charge in [-0.3, -0.25) is 24.0 Å². The Balaban J connectivity index is 0.0000000978. The van der Waals surface area contributed by atoms with Gasteiger partial charge in [-0.15, -0.1) is 0 Å². The summed E-state index contributed by atoms with van der Waals surface area (Å²) in [6, 6.07) is 10.0. The summed E-state index contributed by atoms with van der Waals surface area (Å²) in [5.74, 6) is 17.7. The summed E-state index contributed by atoms with van der Waals surface area (Å²) in [4.78, 5) is 100. The van der Waals surface area contributed by atoms with Crippen molar-refractivity contribution in [2.75, 3.05) is 19.6 Å². The number of alkyl halides is 2. The van der Waals surface area contributed by atoms with Gasteiger partial charge in [0.2, 0.25) is 5.91 Å². The molecule has 664 valence electrons. The maximum atomic E-state index is 13.7. The number of fused-ring (bicyclic) bond motifs is 15. The van der Waals surface area contributed by atoms with Gasteiger partial charge >= 0.3 is 35.6 Å². The standard InChI is InChI=1S/C20H22BFN2O3.C19H20BFN2O3.2C19H22BN3O3.C18H19BN2O3/c1-20(22)7-13(8-20)16(25)6-11-4-12(5-11)15-9-21(26)27-17-10-24-19-14(18(15)17)2-3-23-19;1-19(21)7-14(19)15(24)6-10-4-11(5-10)13-8-20(25)26-16-9-23-18-12(17(13)16)2-3-22-18;1-11-9-23(10-11)17(24)6-12-4-13(5-12)15-7-20(25)26-16-8-22-19-14(18(15)16)2-3-21-19;24-16(15-2-1-4-21-15)8-11-6-12(7-11)14-9-20(25)26-17-10-23-19-13(18(14)17)3-5-22-19;22-15(11-1-2-11)7-10-5-12(6-10)14-8-19(23)24-16-9-21-18-13(17(14)16)3-4-20-18/h2-3,9-13,26H,4-8H2,1H3,(H,23,24);2-3,8-11,14,25H,4-7H2,1H3,(H,22,23);2-3,7-8,11-13,25H,4-6,9-10H2,1H3,(H,21,22);3,5,9-12,15,21,25H,1-2,4,6-8H2,(H,22,23);3-4,8-12,23H,1-2,5-7H2,(H,20,21). The fourth-order valence-corrected chi connectivity index (χ4v) is 22.8. The first-order valence-electron chi connectivity index (χ1n) is 46.4. The molecule has 2 saturated heterocycles. The number of carbonyl (C=O) groups excluding carboxylic acids is 5. The molecule has 129 heavy (non-hydrogen) atoms. The topological polar surface area (TPSA) is 391 Å². The third kappa shape index (κ3) is 17.2. The molecule has 0 bridgehead atoms. The number of ketones is 4. The second-order valence-corrected chi connectivity index (χ2v) is 39.8. The first kappa shape index (κ1) is 85.0. The van der Waals surface area contributed by atoms with Crippen molar-refractivity contribution in [1.29, 1.82) is 0 Å². The summed E-state index contributed by atoms with van der Waals surface area (Å²) in [6.07, 6.45) is 35.7. The summed E-state index contributed by atoms with van der Waals surface area (Å²) < 4.78 is 55.0. The van der Waals surface area contributed by atoms with E-state index in [0.717, 1.165) is 227 Å². The number of nitrogens with zero attached hydrogens (tertiary/aromatic N) is 6. The van der Waals surface area contributed by atoms with Crippen LogP contribution in [0.5, 0.6) is 28.7 Å². The lowest BCUT2D eigenvalue weighted by Crippen LogP contribution is -2.49. The van der Waals surface area contributed by atoms with Crippen LogP contribution >= 0.6 is 0 Å². The number of likely N-dealkylation sites (tertiary alicyclic amines) is 1. The lowest BCUT2D eigenvalue weighted by Gasteiger charge is -2.42. The second-order valence-electron chi connectivity index (χ2n) is 39.8. The maximum Gasteiger partial charge on any atom is 0.552 e. The van der Waals surface area contributed by atoms with Crippen LogP contribution in [0, 0.1) is 82.9 Å². The monoisotopic (exact) mass is 1750 g/mol. The molecule has 15 aliphatic rings. The number of pyridine rings is 5. The number of aromatic amines is 5. The van der Waals surface area contributed by atoms with Crippen LogP contribution in [-0.2, 0) is 24.0 Å². The van der Waals surface area contributed by atoms with E-state index in [1.54, 1.807) is 49.9 Å². The normalized spacial score (nSPS) is 28.7. The van der Waals surface area contributed by atoms with E-state index in [4.69, 9.17) is 23.3 Å². The van der Waals surface area contributed by atoms with Gasteiger partial charge in [-0.2, -0.15) is 0 Å². The van der Waals surface area contributed by atoms with E-state index in [-0.39, 0.29) is 29.4 Å². The van der Waals surface area contributed by atoms with Gasteiger partial charge in [0.05, 0.1) is 42.9 Å². The lowest BCUT2D eigenvalue weighted by molar-refractivity contribution is -0.139. The molecule has 0 spiro atoms. The molecule has 17 heterocycles. The number of halogens is 2. The molecule has 10 aromatic rings. The Morgan fingerprint density at radius 2 is 0.698 bits per heavy atom. The third-order valence-electron chi connectivity index (χ3n) is 30.1. The Bertz CT molecular complexity index is 6090. The quantitative estimate of drug-likeness (QED) is 0.0335. The van der Waals surface area contributed by atoms with Crippen molar-refractivity contribution in [1.82, 2.24) is 60.1 Å². The van der Waals surface area contributed by atoms with E-state index in [9.17, 15) is 57.9 Å². The fourth-order valence-electron chi connectivity index (χ4n) is 22.8. The minimum absolute atomic E-state index is 0.0667. The van der Waals surface area contributed by atoms with Crippen LogP contribution in [0.15, 0.2) is 122 Å². The summed E-state index contributed by atoms with van der Waals surface area (Å²) >= 11 is 0. The van der Waals surface area contributed by atoms with E-state index in [1.165, 1.54) is 6.92 Å². The van der Waals surface area contributed by atoms with E-state index in [2.05, 4.69) is 62.1 Å². The van der Waals surface area contributed by atoms with E-state index < -0.39 is 52.8 Å². The van der Waals surface area contributed by atoms with Crippen molar-refractivity contribution >= 4 is 148 Å². The van der Waals surface area contributed by atoms with E-state index >= 15 is 0 Å². The summed E-state index contributed by atoms with van der Waals surface area (Å²) in [7, 11) is -4.73. The molecule has 7 aliphatic heterocycles. The number of allylic oxidation sites excluding steroid dienone is 5. The molecule has 11 N–H and O–H groups in total. The Labute approximate surface area is 745 Å².